The highest BCUT2D eigenvalue weighted by Gasteiger charge is 1.96. The molecule has 0 aliphatic rings. The standard InChI is InChI=1S/C4H9Cl2N2P/c5-1-3-8(7-9)4-2-6/h9H,1-4H2. The molecule has 9 heavy (non-hydrogen) atoms. The van der Waals surface area contributed by atoms with Crippen LogP contribution < -0.4 is 0 Å². The molecule has 0 amide bonds. The lowest BCUT2D eigenvalue weighted by atomic mass is 10.6. The predicted octanol–water partition coefficient (Wildman–Crippen LogP) is 2.01. The fraction of sp³-hybridized carbons (Fsp3) is 1.00. The summed E-state index contributed by atoms with van der Waals surface area (Å²) in [4.78, 5) is 3.74. The maximum absolute atomic E-state index is 5.44. The Hall–Kier alpha value is 0.640. The van der Waals surface area contributed by atoms with Gasteiger partial charge < -0.3 is 0 Å². The topological polar surface area (TPSA) is 15.6 Å². The van der Waals surface area contributed by atoms with Crippen molar-refractivity contribution in [1.82, 2.24) is 5.01 Å². The van der Waals surface area contributed by atoms with Gasteiger partial charge >= 0.3 is 0 Å². The van der Waals surface area contributed by atoms with Gasteiger partial charge in [-0.05, 0) is 0 Å². The Kier molecular flexibility index (Phi) is 7.24. The summed E-state index contributed by atoms with van der Waals surface area (Å²) in [7, 11) is 3.00. The smallest absolute Gasteiger partial charge is 0.0370 e. The van der Waals surface area contributed by atoms with Gasteiger partial charge in [0.1, 0.15) is 0 Å². The Morgan fingerprint density at radius 2 is 1.67 bits per heavy atom. The van der Waals surface area contributed by atoms with E-state index in [-0.39, 0.29) is 0 Å². The van der Waals surface area contributed by atoms with E-state index in [0.29, 0.717) is 11.8 Å². The molecule has 0 aliphatic carbocycles. The molecule has 0 aromatic heterocycles. The molecular weight excluding hydrogens is 178 g/mol. The minimum atomic E-state index is 0.574. The van der Waals surface area contributed by atoms with Gasteiger partial charge in [0, 0.05) is 33.9 Å². The highest BCUT2D eigenvalue weighted by molar-refractivity contribution is 7.03. The quantitative estimate of drug-likeness (QED) is 0.365. The Balaban J connectivity index is 3.29. The van der Waals surface area contributed by atoms with E-state index >= 15 is 0 Å². The van der Waals surface area contributed by atoms with Crippen molar-refractivity contribution < 1.29 is 0 Å². The molecule has 0 unspecified atom stereocenters. The molecule has 0 aromatic carbocycles. The van der Waals surface area contributed by atoms with Crippen LogP contribution in [0.2, 0.25) is 0 Å². The Morgan fingerprint density at radius 1 is 1.22 bits per heavy atom. The van der Waals surface area contributed by atoms with E-state index in [1.54, 1.807) is 5.01 Å². The summed E-state index contributed by atoms with van der Waals surface area (Å²) in [5.41, 5.74) is 0. The third kappa shape index (κ3) is 5.10. The van der Waals surface area contributed by atoms with Gasteiger partial charge in [0.25, 0.3) is 0 Å². The first kappa shape index (κ1) is 9.64. The van der Waals surface area contributed by atoms with E-state index in [1.165, 1.54) is 0 Å². The molecule has 0 aliphatic heterocycles. The monoisotopic (exact) mass is 186 g/mol. The molecule has 2 nitrogen and oxygen atoms in total. The molecule has 0 N–H and O–H groups in total. The molecule has 0 spiro atoms. The van der Waals surface area contributed by atoms with Gasteiger partial charge in [0.05, 0.1) is 0 Å². The molecule has 0 aromatic rings. The molecular formula is C4H9Cl2N2P. The van der Waals surface area contributed by atoms with Crippen molar-refractivity contribution >= 4 is 32.2 Å². The molecule has 0 saturated heterocycles. The fourth-order valence-corrected chi connectivity index (χ4v) is 0.997. The number of hydrogen-bond acceptors (Lipinski definition) is 1. The average Bonchev–Trinajstić information content (AvgIpc) is 1.88. The third-order valence-corrected chi connectivity index (χ3v) is 1.45. The highest BCUT2D eigenvalue weighted by atomic mass is 35.5. The summed E-state index contributed by atoms with van der Waals surface area (Å²) in [6.07, 6.45) is 0. The van der Waals surface area contributed by atoms with Crippen molar-refractivity contribution in [3.05, 3.63) is 0 Å². The molecule has 0 saturated carbocycles. The van der Waals surface area contributed by atoms with Gasteiger partial charge in [0.2, 0.25) is 0 Å². The number of nitrogens with zero attached hydrogens (tertiary/aromatic N) is 2. The number of halogens is 2. The van der Waals surface area contributed by atoms with Crippen LogP contribution in [0.1, 0.15) is 0 Å². The first-order valence-electron chi connectivity index (χ1n) is 2.59. The largest absolute Gasteiger partial charge is 0.195 e. The Morgan fingerprint density at radius 3 is 1.89 bits per heavy atom. The van der Waals surface area contributed by atoms with Crippen molar-refractivity contribution in [2.45, 2.75) is 0 Å². The minimum Gasteiger partial charge on any atom is -0.195 e. The zero-order valence-corrected chi connectivity index (χ0v) is 7.49. The average molecular weight is 187 g/mol. The van der Waals surface area contributed by atoms with Crippen LogP contribution >= 0.6 is 32.2 Å². The normalized spacial score (nSPS) is 10.1. The zero-order chi connectivity index (χ0) is 7.11. The molecule has 0 bridgehead atoms. The molecule has 0 heterocycles. The first-order valence-corrected chi connectivity index (χ1v) is 4.11. The Labute approximate surface area is 67.4 Å². The second kappa shape index (κ2) is 6.76. The van der Waals surface area contributed by atoms with Gasteiger partial charge in [-0.15, -0.1) is 23.2 Å². The van der Waals surface area contributed by atoms with Crippen molar-refractivity contribution in [1.29, 1.82) is 0 Å². The third-order valence-electron chi connectivity index (χ3n) is 0.827. The van der Waals surface area contributed by atoms with E-state index in [9.17, 15) is 0 Å². The fourth-order valence-electron chi connectivity index (χ4n) is 0.407. The van der Waals surface area contributed by atoms with Crippen molar-refractivity contribution in [3.8, 4) is 0 Å². The van der Waals surface area contributed by atoms with Crippen molar-refractivity contribution in [3.63, 3.8) is 0 Å². The van der Waals surface area contributed by atoms with Crippen LogP contribution in [0.3, 0.4) is 0 Å². The summed E-state index contributed by atoms with van der Waals surface area (Å²) >= 11 is 10.9. The van der Waals surface area contributed by atoms with Crippen LogP contribution in [0, 0.1) is 0 Å². The SMILES string of the molecule is P=NN(CCCl)CCCl. The maximum Gasteiger partial charge on any atom is 0.0370 e. The van der Waals surface area contributed by atoms with Crippen molar-refractivity contribution in [2.75, 3.05) is 24.8 Å². The van der Waals surface area contributed by atoms with Crippen LogP contribution in [0.15, 0.2) is 4.85 Å². The lowest BCUT2D eigenvalue weighted by molar-refractivity contribution is 0.332. The lowest BCUT2D eigenvalue weighted by Crippen LogP contribution is -2.20. The second-order valence-corrected chi connectivity index (χ2v) is 2.39. The summed E-state index contributed by atoms with van der Waals surface area (Å²) in [5, 5.41) is 1.76. The van der Waals surface area contributed by atoms with Crippen molar-refractivity contribution in [2.24, 2.45) is 4.85 Å². The molecule has 0 radical (unpaired) electrons. The van der Waals surface area contributed by atoms with Gasteiger partial charge in [0.15, 0.2) is 0 Å². The summed E-state index contributed by atoms with van der Waals surface area (Å²) in [6, 6.07) is 0. The minimum absolute atomic E-state index is 0.574. The number of alkyl halides is 2. The second-order valence-electron chi connectivity index (χ2n) is 1.43. The van der Waals surface area contributed by atoms with Gasteiger partial charge in [-0.2, -0.15) is 9.86 Å². The van der Waals surface area contributed by atoms with E-state index in [1.807, 2.05) is 0 Å². The predicted molar refractivity (Wildman–Crippen MR) is 43.8 cm³/mol. The van der Waals surface area contributed by atoms with Gasteiger partial charge in [-0.1, -0.05) is 0 Å². The molecule has 0 rings (SSSR count). The molecule has 54 valence electrons. The van der Waals surface area contributed by atoms with Crippen LogP contribution in [0.25, 0.3) is 0 Å². The maximum atomic E-state index is 5.44. The highest BCUT2D eigenvalue weighted by Crippen LogP contribution is 1.93. The van der Waals surface area contributed by atoms with Crippen LogP contribution in [-0.2, 0) is 0 Å². The summed E-state index contributed by atoms with van der Waals surface area (Å²) in [5.74, 6) is 1.15. The zero-order valence-electron chi connectivity index (χ0n) is 4.98. The van der Waals surface area contributed by atoms with E-state index in [4.69, 9.17) is 23.2 Å². The Bertz CT molecular complexity index is 75.0. The van der Waals surface area contributed by atoms with Gasteiger partial charge in [-0.25, -0.2) is 0 Å². The number of hydrogen-bond donors (Lipinski definition) is 0. The molecule has 5 heteroatoms. The number of rotatable bonds is 5. The lowest BCUT2D eigenvalue weighted by Gasteiger charge is -2.10. The molecule has 0 atom stereocenters. The van der Waals surface area contributed by atoms with E-state index in [2.05, 4.69) is 13.9 Å². The van der Waals surface area contributed by atoms with E-state index in [0.717, 1.165) is 13.1 Å². The van der Waals surface area contributed by atoms with Crippen LogP contribution in [0.4, 0.5) is 0 Å². The van der Waals surface area contributed by atoms with Gasteiger partial charge in [-0.3, -0.25) is 0 Å². The van der Waals surface area contributed by atoms with Crippen LogP contribution in [0.5, 0.6) is 0 Å². The molecule has 0 fully saturated rings. The van der Waals surface area contributed by atoms with Crippen LogP contribution in [-0.4, -0.2) is 29.9 Å². The van der Waals surface area contributed by atoms with E-state index < -0.39 is 0 Å². The summed E-state index contributed by atoms with van der Waals surface area (Å²) < 4.78 is 0. The summed E-state index contributed by atoms with van der Waals surface area (Å²) in [6.45, 7) is 1.47. The first-order chi connectivity index (χ1) is 4.35.